The number of nitrogens with zero attached hydrogens (tertiary/aromatic N) is 1. The lowest BCUT2D eigenvalue weighted by Crippen LogP contribution is -2.38. The van der Waals surface area contributed by atoms with E-state index in [1.165, 1.54) is 49.2 Å². The maximum atomic E-state index is 3.64. The number of rotatable bonds is 4. The van der Waals surface area contributed by atoms with Crippen LogP contribution in [0.15, 0.2) is 18.2 Å². The van der Waals surface area contributed by atoms with Gasteiger partial charge >= 0.3 is 0 Å². The molecule has 0 amide bonds. The average molecular weight is 288 g/mol. The highest BCUT2D eigenvalue weighted by molar-refractivity contribution is 5.55. The van der Waals surface area contributed by atoms with Crippen LogP contribution < -0.4 is 10.2 Å². The third-order valence-electron chi connectivity index (χ3n) is 4.48. The number of piperidine rings is 1. The molecule has 0 bridgehead atoms. The summed E-state index contributed by atoms with van der Waals surface area (Å²) in [5.41, 5.74) is 4.40. The second-order valence-electron chi connectivity index (χ2n) is 7.60. The molecule has 21 heavy (non-hydrogen) atoms. The molecule has 1 atom stereocenters. The molecule has 0 radical (unpaired) electrons. The fourth-order valence-corrected chi connectivity index (χ4v) is 3.14. The minimum Gasteiger partial charge on any atom is -0.371 e. The molecule has 0 aliphatic carbocycles. The van der Waals surface area contributed by atoms with Crippen LogP contribution >= 0.6 is 0 Å². The maximum Gasteiger partial charge on any atom is 0.0412 e. The van der Waals surface area contributed by atoms with E-state index in [1.807, 2.05) is 0 Å². The third-order valence-corrected chi connectivity index (χ3v) is 4.48. The molecular weight excluding hydrogens is 256 g/mol. The summed E-state index contributed by atoms with van der Waals surface area (Å²) < 4.78 is 0. The summed E-state index contributed by atoms with van der Waals surface area (Å²) in [6.07, 6.45) is 4.03. The summed E-state index contributed by atoms with van der Waals surface area (Å²) >= 11 is 0. The van der Waals surface area contributed by atoms with Gasteiger partial charge in [-0.1, -0.05) is 31.0 Å². The first-order valence-corrected chi connectivity index (χ1v) is 8.48. The van der Waals surface area contributed by atoms with E-state index in [2.05, 4.69) is 63.0 Å². The van der Waals surface area contributed by atoms with E-state index in [0.29, 0.717) is 0 Å². The molecule has 1 aliphatic rings. The first-order valence-electron chi connectivity index (χ1n) is 8.48. The fourth-order valence-electron chi connectivity index (χ4n) is 3.14. The topological polar surface area (TPSA) is 15.3 Å². The monoisotopic (exact) mass is 288 g/mol. The second kappa shape index (κ2) is 6.83. The van der Waals surface area contributed by atoms with Crippen LogP contribution in [0.1, 0.15) is 58.1 Å². The molecule has 1 unspecified atom stereocenters. The normalized spacial score (nSPS) is 19.9. The predicted octanol–water partition coefficient (Wildman–Crippen LogP) is 4.51. The van der Waals surface area contributed by atoms with Crippen molar-refractivity contribution in [2.24, 2.45) is 5.92 Å². The van der Waals surface area contributed by atoms with Gasteiger partial charge in [0.2, 0.25) is 0 Å². The molecule has 1 aliphatic heterocycles. The Kier molecular flexibility index (Phi) is 5.32. The first kappa shape index (κ1) is 16.4. The van der Waals surface area contributed by atoms with Crippen LogP contribution in [0.4, 0.5) is 5.69 Å². The summed E-state index contributed by atoms with van der Waals surface area (Å²) in [5.74, 6) is 0.864. The molecule has 2 heteroatoms. The second-order valence-corrected chi connectivity index (χ2v) is 7.60. The third kappa shape index (κ3) is 4.74. The number of aryl methyl sites for hydroxylation is 1. The van der Waals surface area contributed by atoms with Crippen molar-refractivity contribution >= 4 is 5.69 Å². The number of hydrogen-bond acceptors (Lipinski definition) is 2. The van der Waals surface area contributed by atoms with Crippen LogP contribution in [0.2, 0.25) is 0 Å². The van der Waals surface area contributed by atoms with Gasteiger partial charge in [0.05, 0.1) is 0 Å². The number of nitrogens with one attached hydrogen (secondary N) is 1. The highest BCUT2D eigenvalue weighted by Gasteiger charge is 2.21. The summed E-state index contributed by atoms with van der Waals surface area (Å²) in [6, 6.07) is 6.93. The lowest BCUT2D eigenvalue weighted by molar-refractivity contribution is 0.401. The summed E-state index contributed by atoms with van der Waals surface area (Å²) in [6.45, 7) is 14.6. The van der Waals surface area contributed by atoms with E-state index in [9.17, 15) is 0 Å². The Labute approximate surface area is 130 Å². The molecule has 1 saturated heterocycles. The van der Waals surface area contributed by atoms with Gasteiger partial charge in [0.1, 0.15) is 0 Å². The molecule has 0 saturated carbocycles. The van der Waals surface area contributed by atoms with Gasteiger partial charge in [-0.05, 0) is 58.1 Å². The summed E-state index contributed by atoms with van der Waals surface area (Å²) in [4.78, 5) is 2.61. The minimum atomic E-state index is 0.162. The van der Waals surface area contributed by atoms with Crippen molar-refractivity contribution < 1.29 is 0 Å². The predicted molar refractivity (Wildman–Crippen MR) is 93.0 cm³/mol. The molecule has 1 N–H and O–H groups in total. The summed E-state index contributed by atoms with van der Waals surface area (Å²) in [5, 5.41) is 3.64. The molecule has 1 aromatic rings. The van der Waals surface area contributed by atoms with Crippen LogP contribution in [0.3, 0.4) is 0 Å². The van der Waals surface area contributed by atoms with Gasteiger partial charge < -0.3 is 10.2 Å². The van der Waals surface area contributed by atoms with E-state index in [1.54, 1.807) is 0 Å². The SMILES string of the molecule is CCC1CCCN(c2ccc(C)cc2CNC(C)(C)C)C1. The van der Waals surface area contributed by atoms with Crippen LogP contribution in [0.25, 0.3) is 0 Å². The Morgan fingerprint density at radius 2 is 2.05 bits per heavy atom. The maximum absolute atomic E-state index is 3.64. The molecule has 2 nitrogen and oxygen atoms in total. The minimum absolute atomic E-state index is 0.162. The van der Waals surface area contributed by atoms with Gasteiger partial charge in [0.15, 0.2) is 0 Å². The molecule has 118 valence electrons. The fraction of sp³-hybridized carbons (Fsp3) is 0.684. The molecule has 0 aromatic heterocycles. The number of anilines is 1. The Morgan fingerprint density at radius 1 is 1.29 bits per heavy atom. The lowest BCUT2D eigenvalue weighted by atomic mass is 9.94. The van der Waals surface area contributed by atoms with Crippen molar-refractivity contribution in [3.63, 3.8) is 0 Å². The Morgan fingerprint density at radius 3 is 2.71 bits per heavy atom. The molecule has 1 heterocycles. The van der Waals surface area contributed by atoms with Gasteiger partial charge in [0.25, 0.3) is 0 Å². The van der Waals surface area contributed by atoms with Crippen LogP contribution in [-0.2, 0) is 6.54 Å². The van der Waals surface area contributed by atoms with Crippen LogP contribution in [0, 0.1) is 12.8 Å². The molecule has 2 rings (SSSR count). The van der Waals surface area contributed by atoms with Crippen molar-refractivity contribution in [3.8, 4) is 0 Å². The van der Waals surface area contributed by atoms with Gasteiger partial charge in [-0.2, -0.15) is 0 Å². The van der Waals surface area contributed by atoms with Crippen molar-refractivity contribution in [1.82, 2.24) is 5.32 Å². The van der Waals surface area contributed by atoms with Crippen molar-refractivity contribution in [3.05, 3.63) is 29.3 Å². The van der Waals surface area contributed by atoms with E-state index in [-0.39, 0.29) is 5.54 Å². The summed E-state index contributed by atoms with van der Waals surface area (Å²) in [7, 11) is 0. The largest absolute Gasteiger partial charge is 0.371 e. The van der Waals surface area contributed by atoms with E-state index >= 15 is 0 Å². The standard InChI is InChI=1S/C19H32N2/c1-6-16-8-7-11-21(14-16)18-10-9-15(2)12-17(18)13-20-19(3,4)5/h9-10,12,16,20H,6-8,11,13-14H2,1-5H3. The molecular formula is C19H32N2. The van der Waals surface area contributed by atoms with E-state index in [4.69, 9.17) is 0 Å². The van der Waals surface area contributed by atoms with Crippen LogP contribution in [0.5, 0.6) is 0 Å². The zero-order valence-corrected chi connectivity index (χ0v) is 14.5. The van der Waals surface area contributed by atoms with Gasteiger partial charge in [-0.15, -0.1) is 0 Å². The van der Waals surface area contributed by atoms with Crippen molar-refractivity contribution in [2.45, 2.75) is 66.0 Å². The highest BCUT2D eigenvalue weighted by Crippen LogP contribution is 2.28. The molecule has 0 spiro atoms. The van der Waals surface area contributed by atoms with Gasteiger partial charge in [-0.3, -0.25) is 0 Å². The smallest absolute Gasteiger partial charge is 0.0412 e. The van der Waals surface area contributed by atoms with Gasteiger partial charge in [0, 0.05) is 30.9 Å². The van der Waals surface area contributed by atoms with E-state index in [0.717, 1.165) is 12.5 Å². The zero-order valence-electron chi connectivity index (χ0n) is 14.5. The average Bonchev–Trinajstić information content (AvgIpc) is 2.44. The quantitative estimate of drug-likeness (QED) is 0.877. The number of hydrogen-bond donors (Lipinski definition) is 1. The zero-order chi connectivity index (χ0) is 15.5. The number of benzene rings is 1. The van der Waals surface area contributed by atoms with Crippen LogP contribution in [-0.4, -0.2) is 18.6 Å². The lowest BCUT2D eigenvalue weighted by Gasteiger charge is -2.36. The van der Waals surface area contributed by atoms with E-state index < -0.39 is 0 Å². The molecule has 1 aromatic carbocycles. The molecule has 1 fully saturated rings. The van der Waals surface area contributed by atoms with Gasteiger partial charge in [-0.25, -0.2) is 0 Å². The highest BCUT2D eigenvalue weighted by atomic mass is 15.1. The Bertz CT molecular complexity index is 459. The van der Waals surface area contributed by atoms with Crippen molar-refractivity contribution in [1.29, 1.82) is 0 Å². The Balaban J connectivity index is 2.17. The van der Waals surface area contributed by atoms with Crippen molar-refractivity contribution in [2.75, 3.05) is 18.0 Å². The Hall–Kier alpha value is -1.02. The first-order chi connectivity index (χ1) is 9.89.